The standard InChI is InChI=1S/C15H25N3/c1-3-13-7-4-5-8-15(13)18-10-6-9-17(2)14(11-16)12-18/h4-5,7-8,14H,3,6,9-12,16H2,1-2H3. The number of anilines is 1. The molecule has 100 valence electrons. The molecular formula is C15H25N3. The molecule has 2 rings (SSSR count). The summed E-state index contributed by atoms with van der Waals surface area (Å²) >= 11 is 0. The van der Waals surface area contributed by atoms with Gasteiger partial charge in [-0.15, -0.1) is 0 Å². The third-order valence-electron chi connectivity index (χ3n) is 3.98. The second-order valence-electron chi connectivity index (χ2n) is 5.15. The fourth-order valence-electron chi connectivity index (χ4n) is 2.77. The van der Waals surface area contributed by atoms with Crippen LogP contribution in [-0.4, -0.2) is 44.2 Å². The zero-order chi connectivity index (χ0) is 13.0. The van der Waals surface area contributed by atoms with Crippen molar-refractivity contribution in [3.63, 3.8) is 0 Å². The van der Waals surface area contributed by atoms with Crippen LogP contribution in [0.25, 0.3) is 0 Å². The van der Waals surface area contributed by atoms with Gasteiger partial charge in [0.05, 0.1) is 0 Å². The number of likely N-dealkylation sites (N-methyl/N-ethyl adjacent to an activating group) is 1. The van der Waals surface area contributed by atoms with Gasteiger partial charge in [0.2, 0.25) is 0 Å². The lowest BCUT2D eigenvalue weighted by Gasteiger charge is -2.30. The Kier molecular flexibility index (Phi) is 4.61. The Hall–Kier alpha value is -1.06. The molecule has 0 aromatic heterocycles. The van der Waals surface area contributed by atoms with E-state index in [1.807, 2.05) is 0 Å². The molecule has 0 bridgehead atoms. The first-order valence-corrected chi connectivity index (χ1v) is 6.99. The van der Waals surface area contributed by atoms with Crippen molar-refractivity contribution in [3.05, 3.63) is 29.8 Å². The van der Waals surface area contributed by atoms with E-state index in [1.165, 1.54) is 17.7 Å². The molecule has 1 aliphatic rings. The first-order chi connectivity index (χ1) is 8.76. The summed E-state index contributed by atoms with van der Waals surface area (Å²) in [6.07, 6.45) is 2.31. The average molecular weight is 247 g/mol. The van der Waals surface area contributed by atoms with Crippen molar-refractivity contribution in [2.24, 2.45) is 5.73 Å². The number of hydrogen-bond donors (Lipinski definition) is 1. The Morgan fingerprint density at radius 2 is 2.06 bits per heavy atom. The van der Waals surface area contributed by atoms with E-state index in [2.05, 4.69) is 48.0 Å². The summed E-state index contributed by atoms with van der Waals surface area (Å²) in [5.41, 5.74) is 8.75. The van der Waals surface area contributed by atoms with Crippen molar-refractivity contribution in [1.82, 2.24) is 4.90 Å². The van der Waals surface area contributed by atoms with Crippen LogP contribution in [0.1, 0.15) is 18.9 Å². The van der Waals surface area contributed by atoms with Gasteiger partial charge < -0.3 is 15.5 Å². The van der Waals surface area contributed by atoms with Gasteiger partial charge >= 0.3 is 0 Å². The topological polar surface area (TPSA) is 32.5 Å². The van der Waals surface area contributed by atoms with E-state index >= 15 is 0 Å². The van der Waals surface area contributed by atoms with Crippen molar-refractivity contribution in [2.45, 2.75) is 25.8 Å². The van der Waals surface area contributed by atoms with Gasteiger partial charge in [-0.05, 0) is 38.1 Å². The maximum absolute atomic E-state index is 5.91. The molecule has 0 aliphatic carbocycles. The summed E-state index contributed by atoms with van der Waals surface area (Å²) in [6.45, 7) is 6.29. The largest absolute Gasteiger partial charge is 0.370 e. The molecule has 1 aromatic carbocycles. The molecule has 1 aliphatic heterocycles. The van der Waals surface area contributed by atoms with Crippen LogP contribution in [-0.2, 0) is 6.42 Å². The zero-order valence-electron chi connectivity index (χ0n) is 11.6. The second kappa shape index (κ2) is 6.21. The minimum Gasteiger partial charge on any atom is -0.370 e. The van der Waals surface area contributed by atoms with Gasteiger partial charge in [-0.2, -0.15) is 0 Å². The van der Waals surface area contributed by atoms with Gasteiger partial charge in [0.25, 0.3) is 0 Å². The first-order valence-electron chi connectivity index (χ1n) is 6.99. The number of nitrogens with zero attached hydrogens (tertiary/aromatic N) is 2. The van der Waals surface area contributed by atoms with E-state index in [1.54, 1.807) is 0 Å². The summed E-state index contributed by atoms with van der Waals surface area (Å²) in [5, 5.41) is 0. The van der Waals surface area contributed by atoms with Gasteiger partial charge in [-0.25, -0.2) is 0 Å². The SMILES string of the molecule is CCc1ccccc1N1CCCN(C)C(CN)C1. The lowest BCUT2D eigenvalue weighted by atomic mass is 10.1. The average Bonchev–Trinajstić information content (AvgIpc) is 2.60. The number of rotatable bonds is 3. The molecule has 0 saturated carbocycles. The number of aryl methyl sites for hydroxylation is 1. The highest BCUT2D eigenvalue weighted by Gasteiger charge is 2.22. The van der Waals surface area contributed by atoms with Crippen molar-refractivity contribution in [1.29, 1.82) is 0 Å². The molecule has 1 aromatic rings. The van der Waals surface area contributed by atoms with Crippen molar-refractivity contribution in [2.75, 3.05) is 38.1 Å². The van der Waals surface area contributed by atoms with Crippen molar-refractivity contribution < 1.29 is 0 Å². The third-order valence-corrected chi connectivity index (χ3v) is 3.98. The van der Waals surface area contributed by atoms with Crippen LogP contribution < -0.4 is 10.6 Å². The summed E-state index contributed by atoms with van der Waals surface area (Å²) in [5.74, 6) is 0. The summed E-state index contributed by atoms with van der Waals surface area (Å²) in [6, 6.07) is 9.23. The van der Waals surface area contributed by atoms with E-state index in [-0.39, 0.29) is 0 Å². The minimum absolute atomic E-state index is 0.470. The second-order valence-corrected chi connectivity index (χ2v) is 5.15. The molecule has 0 radical (unpaired) electrons. The number of hydrogen-bond acceptors (Lipinski definition) is 3. The lowest BCUT2D eigenvalue weighted by Crippen LogP contribution is -2.44. The van der Waals surface area contributed by atoms with Crippen LogP contribution in [0.3, 0.4) is 0 Å². The molecule has 1 saturated heterocycles. The Morgan fingerprint density at radius 1 is 1.28 bits per heavy atom. The molecule has 1 unspecified atom stereocenters. The summed E-state index contributed by atoms with van der Waals surface area (Å²) in [4.78, 5) is 4.91. The quantitative estimate of drug-likeness (QED) is 0.883. The van der Waals surface area contributed by atoms with Crippen LogP contribution in [0.4, 0.5) is 5.69 Å². The summed E-state index contributed by atoms with van der Waals surface area (Å²) < 4.78 is 0. The van der Waals surface area contributed by atoms with Crippen LogP contribution in [0.5, 0.6) is 0 Å². The van der Waals surface area contributed by atoms with Crippen molar-refractivity contribution >= 4 is 5.69 Å². The molecule has 0 amide bonds. The smallest absolute Gasteiger partial charge is 0.0399 e. The highest BCUT2D eigenvalue weighted by molar-refractivity contribution is 5.54. The molecular weight excluding hydrogens is 222 g/mol. The van der Waals surface area contributed by atoms with E-state index < -0.39 is 0 Å². The highest BCUT2D eigenvalue weighted by Crippen LogP contribution is 2.23. The molecule has 1 heterocycles. The van der Waals surface area contributed by atoms with E-state index in [9.17, 15) is 0 Å². The van der Waals surface area contributed by atoms with E-state index in [0.29, 0.717) is 6.04 Å². The lowest BCUT2D eigenvalue weighted by molar-refractivity contribution is 0.266. The van der Waals surface area contributed by atoms with Gasteiger partial charge in [-0.3, -0.25) is 0 Å². The molecule has 1 fully saturated rings. The zero-order valence-corrected chi connectivity index (χ0v) is 11.6. The first kappa shape index (κ1) is 13.4. The number of nitrogens with two attached hydrogens (primary N) is 1. The van der Waals surface area contributed by atoms with E-state index in [4.69, 9.17) is 5.73 Å². The molecule has 3 heteroatoms. The third kappa shape index (κ3) is 2.85. The van der Waals surface area contributed by atoms with Crippen LogP contribution in [0.15, 0.2) is 24.3 Å². The predicted octanol–water partition coefficient (Wildman–Crippen LogP) is 1.72. The normalized spacial score (nSPS) is 21.9. The van der Waals surface area contributed by atoms with Crippen LogP contribution in [0.2, 0.25) is 0 Å². The maximum atomic E-state index is 5.91. The Balaban J connectivity index is 2.21. The van der Waals surface area contributed by atoms with Crippen LogP contribution in [0, 0.1) is 0 Å². The van der Waals surface area contributed by atoms with Gasteiger partial charge in [0, 0.05) is 31.4 Å². The molecule has 18 heavy (non-hydrogen) atoms. The number of benzene rings is 1. The Bertz CT molecular complexity index is 378. The molecule has 0 spiro atoms. The van der Waals surface area contributed by atoms with E-state index in [0.717, 1.165) is 32.6 Å². The van der Waals surface area contributed by atoms with Gasteiger partial charge in [0.1, 0.15) is 0 Å². The van der Waals surface area contributed by atoms with Crippen LogP contribution >= 0.6 is 0 Å². The fraction of sp³-hybridized carbons (Fsp3) is 0.600. The van der Waals surface area contributed by atoms with Crippen molar-refractivity contribution in [3.8, 4) is 0 Å². The Labute approximate surface area is 111 Å². The molecule has 3 nitrogen and oxygen atoms in total. The predicted molar refractivity (Wildman–Crippen MR) is 78.1 cm³/mol. The molecule has 1 atom stereocenters. The van der Waals surface area contributed by atoms with Gasteiger partial charge in [-0.1, -0.05) is 25.1 Å². The minimum atomic E-state index is 0.470. The molecule has 2 N–H and O–H groups in total. The Morgan fingerprint density at radius 3 is 2.78 bits per heavy atom. The maximum Gasteiger partial charge on any atom is 0.0399 e. The summed E-state index contributed by atoms with van der Waals surface area (Å²) in [7, 11) is 2.19. The number of para-hydroxylation sites is 1. The monoisotopic (exact) mass is 247 g/mol. The fourth-order valence-corrected chi connectivity index (χ4v) is 2.77. The highest BCUT2D eigenvalue weighted by atomic mass is 15.2. The van der Waals surface area contributed by atoms with Gasteiger partial charge in [0.15, 0.2) is 0 Å².